The van der Waals surface area contributed by atoms with E-state index in [9.17, 15) is 9.90 Å². The number of carbonyl (C=O) groups is 1. The number of fused-ring (bicyclic) bond motifs is 3. The number of aliphatic hydroxyl groups is 1. The van der Waals surface area contributed by atoms with Gasteiger partial charge in [-0.05, 0) is 66.8 Å². The molecule has 3 nitrogen and oxygen atoms in total. The Hall–Kier alpha value is -2.13. The van der Waals surface area contributed by atoms with E-state index in [0.717, 1.165) is 49.3 Å². The van der Waals surface area contributed by atoms with E-state index >= 15 is 0 Å². The summed E-state index contributed by atoms with van der Waals surface area (Å²) in [6, 6.07) is 12.2. The van der Waals surface area contributed by atoms with Crippen molar-refractivity contribution < 1.29 is 14.6 Å². The predicted octanol–water partition coefficient (Wildman–Crippen LogP) is 5.37. The summed E-state index contributed by atoms with van der Waals surface area (Å²) in [5.74, 6) is 0.578. The van der Waals surface area contributed by atoms with Crippen LogP contribution in [-0.2, 0) is 4.74 Å². The lowest BCUT2D eigenvalue weighted by molar-refractivity contribution is -0.0170. The molecule has 3 aliphatic carbocycles. The summed E-state index contributed by atoms with van der Waals surface area (Å²) in [6.07, 6.45) is 10.2. The topological polar surface area (TPSA) is 46.5 Å². The molecule has 0 aromatic heterocycles. The Balaban J connectivity index is 1.52. The lowest BCUT2D eigenvalue weighted by atomic mass is 9.83. The van der Waals surface area contributed by atoms with Crippen molar-refractivity contribution in [1.82, 2.24) is 0 Å². The lowest BCUT2D eigenvalue weighted by Gasteiger charge is -2.28. The second-order valence-corrected chi connectivity index (χ2v) is 8.84. The summed E-state index contributed by atoms with van der Waals surface area (Å²) in [6.45, 7) is 2.12. The fraction of sp³-hybridized carbons (Fsp3) is 0.480. The molecule has 5 rings (SSSR count). The number of carbonyl (C=O) groups excluding carboxylic acids is 1. The maximum Gasteiger partial charge on any atom is 0.339 e. The van der Waals surface area contributed by atoms with Gasteiger partial charge in [-0.3, -0.25) is 0 Å². The summed E-state index contributed by atoms with van der Waals surface area (Å²) < 4.78 is 6.08. The minimum atomic E-state index is -0.281. The third-order valence-corrected chi connectivity index (χ3v) is 7.45. The molecular formula is C25H28O3. The fourth-order valence-corrected chi connectivity index (χ4v) is 5.79. The van der Waals surface area contributed by atoms with E-state index in [4.69, 9.17) is 4.74 Å². The summed E-state index contributed by atoms with van der Waals surface area (Å²) in [5.41, 5.74) is 1.63. The van der Waals surface area contributed by atoms with Gasteiger partial charge in [-0.15, -0.1) is 0 Å². The quantitative estimate of drug-likeness (QED) is 0.576. The monoisotopic (exact) mass is 376 g/mol. The van der Waals surface area contributed by atoms with E-state index in [-0.39, 0.29) is 29.5 Å². The molecule has 28 heavy (non-hydrogen) atoms. The maximum atomic E-state index is 13.1. The molecule has 1 N–H and O–H groups in total. The van der Waals surface area contributed by atoms with Crippen molar-refractivity contribution in [3.8, 4) is 0 Å². The summed E-state index contributed by atoms with van der Waals surface area (Å²) >= 11 is 0. The normalized spacial score (nSPS) is 30.2. The number of rotatable bonds is 4. The van der Waals surface area contributed by atoms with Crippen molar-refractivity contribution in [2.24, 2.45) is 11.8 Å². The van der Waals surface area contributed by atoms with Crippen LogP contribution in [0.4, 0.5) is 0 Å². The van der Waals surface area contributed by atoms with Crippen LogP contribution in [0.15, 0.2) is 48.6 Å². The van der Waals surface area contributed by atoms with Crippen molar-refractivity contribution >= 4 is 16.7 Å². The third kappa shape index (κ3) is 2.71. The molecule has 2 aromatic rings. The van der Waals surface area contributed by atoms with Gasteiger partial charge in [0.2, 0.25) is 0 Å². The van der Waals surface area contributed by atoms with Crippen LogP contribution in [0, 0.1) is 11.8 Å². The number of ether oxygens (including phenoxy) is 1. The summed E-state index contributed by atoms with van der Waals surface area (Å²) in [7, 11) is 0. The second-order valence-electron chi connectivity index (χ2n) is 8.84. The molecular weight excluding hydrogens is 348 g/mol. The Labute approximate surface area is 166 Å². The highest BCUT2D eigenvalue weighted by Gasteiger charge is 2.44. The van der Waals surface area contributed by atoms with Gasteiger partial charge in [-0.25, -0.2) is 4.79 Å². The fourth-order valence-electron chi connectivity index (χ4n) is 5.79. The van der Waals surface area contributed by atoms with Gasteiger partial charge in [0.05, 0.1) is 11.7 Å². The molecule has 2 saturated carbocycles. The van der Waals surface area contributed by atoms with Crippen molar-refractivity contribution in [2.75, 3.05) is 0 Å². The van der Waals surface area contributed by atoms with Gasteiger partial charge < -0.3 is 9.84 Å². The number of esters is 1. The molecule has 0 radical (unpaired) electrons. The van der Waals surface area contributed by atoms with Gasteiger partial charge in [-0.1, -0.05) is 49.4 Å². The van der Waals surface area contributed by atoms with E-state index in [1.54, 1.807) is 0 Å². The van der Waals surface area contributed by atoms with Crippen LogP contribution in [0.2, 0.25) is 0 Å². The first-order valence-corrected chi connectivity index (χ1v) is 10.7. The first kappa shape index (κ1) is 17.9. The van der Waals surface area contributed by atoms with Crippen LogP contribution in [0.1, 0.15) is 67.3 Å². The Bertz CT molecular complexity index is 938. The highest BCUT2D eigenvalue weighted by Crippen LogP contribution is 2.50. The molecule has 3 heteroatoms. The minimum absolute atomic E-state index is 0.188. The van der Waals surface area contributed by atoms with E-state index in [1.807, 2.05) is 24.3 Å². The smallest absolute Gasteiger partial charge is 0.339 e. The highest BCUT2D eigenvalue weighted by molar-refractivity contribution is 6.05. The van der Waals surface area contributed by atoms with Gasteiger partial charge in [0.15, 0.2) is 0 Å². The van der Waals surface area contributed by atoms with Crippen LogP contribution in [0.25, 0.3) is 10.8 Å². The average molecular weight is 376 g/mol. The zero-order valence-electron chi connectivity index (χ0n) is 16.4. The largest absolute Gasteiger partial charge is 0.455 e. The molecule has 146 valence electrons. The Morgan fingerprint density at radius 3 is 2.54 bits per heavy atom. The van der Waals surface area contributed by atoms with E-state index in [1.165, 1.54) is 5.56 Å². The number of hydrogen-bond acceptors (Lipinski definition) is 3. The third-order valence-electron chi connectivity index (χ3n) is 7.45. The molecule has 0 aliphatic heterocycles. The molecule has 0 amide bonds. The van der Waals surface area contributed by atoms with Gasteiger partial charge in [-0.2, -0.15) is 0 Å². The molecule has 3 aliphatic rings. The number of benzene rings is 2. The van der Waals surface area contributed by atoms with Gasteiger partial charge in [0, 0.05) is 11.8 Å². The molecule has 4 unspecified atom stereocenters. The molecule has 2 bridgehead atoms. The number of aliphatic hydroxyl groups excluding tert-OH is 1. The van der Waals surface area contributed by atoms with Crippen LogP contribution >= 0.6 is 0 Å². The van der Waals surface area contributed by atoms with E-state index in [2.05, 4.69) is 31.2 Å². The standard InChI is InChI=1S/C25H28O3/c1-2-25(13-3-4-14-25)28-24(27)21-10-6-7-17-18(21)8-5-9-19(17)22-15-16-11-12-20(22)23(16)26/h5-12,16,20,22-23,26H,2-4,13-15H2,1H3. The first-order valence-electron chi connectivity index (χ1n) is 10.7. The molecule has 2 aromatic carbocycles. The second kappa shape index (κ2) is 6.73. The zero-order chi connectivity index (χ0) is 19.3. The van der Waals surface area contributed by atoms with Crippen LogP contribution in [-0.4, -0.2) is 22.8 Å². The van der Waals surface area contributed by atoms with Crippen molar-refractivity contribution in [3.63, 3.8) is 0 Å². The molecule has 4 atom stereocenters. The lowest BCUT2D eigenvalue weighted by Crippen LogP contribution is -2.31. The van der Waals surface area contributed by atoms with E-state index < -0.39 is 0 Å². The Kier molecular flexibility index (Phi) is 4.31. The molecule has 0 heterocycles. The SMILES string of the molecule is CCC1(OC(=O)c2cccc3c(C4CC5C=CC4C5O)cccc23)CCCC1. The van der Waals surface area contributed by atoms with Gasteiger partial charge >= 0.3 is 5.97 Å². The molecule has 0 saturated heterocycles. The molecule has 2 fully saturated rings. The summed E-state index contributed by atoms with van der Waals surface area (Å²) in [4.78, 5) is 13.1. The van der Waals surface area contributed by atoms with E-state index in [0.29, 0.717) is 11.5 Å². The molecule has 0 spiro atoms. The Morgan fingerprint density at radius 1 is 1.11 bits per heavy atom. The maximum absolute atomic E-state index is 13.1. The number of hydrogen-bond donors (Lipinski definition) is 1. The average Bonchev–Trinajstić information content (AvgIpc) is 3.42. The van der Waals surface area contributed by atoms with Crippen molar-refractivity contribution in [1.29, 1.82) is 0 Å². The van der Waals surface area contributed by atoms with Crippen LogP contribution < -0.4 is 0 Å². The van der Waals surface area contributed by atoms with Crippen LogP contribution in [0.3, 0.4) is 0 Å². The van der Waals surface area contributed by atoms with Gasteiger partial charge in [0.1, 0.15) is 5.60 Å². The van der Waals surface area contributed by atoms with Gasteiger partial charge in [0.25, 0.3) is 0 Å². The van der Waals surface area contributed by atoms with Crippen molar-refractivity contribution in [2.45, 2.75) is 63.1 Å². The van der Waals surface area contributed by atoms with Crippen molar-refractivity contribution in [3.05, 3.63) is 59.7 Å². The first-order chi connectivity index (χ1) is 13.6. The Morgan fingerprint density at radius 2 is 1.86 bits per heavy atom. The highest BCUT2D eigenvalue weighted by atomic mass is 16.6. The van der Waals surface area contributed by atoms with Crippen LogP contribution in [0.5, 0.6) is 0 Å². The predicted molar refractivity (Wildman–Crippen MR) is 110 cm³/mol. The zero-order valence-corrected chi connectivity index (χ0v) is 16.4. The summed E-state index contributed by atoms with van der Waals surface area (Å²) in [5, 5.41) is 12.5. The minimum Gasteiger partial charge on any atom is -0.455 e.